The highest BCUT2D eigenvalue weighted by Gasteiger charge is 2.24. The van der Waals surface area contributed by atoms with Gasteiger partial charge in [-0.3, -0.25) is 4.79 Å². The number of amides is 1. The highest BCUT2D eigenvalue weighted by atomic mass is 33.1. The molecule has 7 heteroatoms. The average molecular weight is 366 g/mol. The lowest BCUT2D eigenvalue weighted by Gasteiger charge is -2.27. The lowest BCUT2D eigenvalue weighted by atomic mass is 10.1. The lowest BCUT2D eigenvalue weighted by Crippen LogP contribution is -2.38. The number of hydrogen-bond acceptors (Lipinski definition) is 5. The van der Waals surface area contributed by atoms with Gasteiger partial charge in [-0.1, -0.05) is 34.9 Å². The number of carbonyl (C=O) groups excluding carboxylic acids is 1. The molecule has 0 aromatic heterocycles. The zero-order valence-corrected chi connectivity index (χ0v) is 16.8. The van der Waals surface area contributed by atoms with Gasteiger partial charge in [0.15, 0.2) is 0 Å². The van der Waals surface area contributed by atoms with E-state index in [0.29, 0.717) is 13.1 Å². The van der Waals surface area contributed by atoms with Crippen LogP contribution >= 0.6 is 21.6 Å². The van der Waals surface area contributed by atoms with E-state index in [1.165, 1.54) is 0 Å². The molecule has 0 heterocycles. The Balaban J connectivity index is 4.34. The molecule has 0 fully saturated rings. The molecule has 0 spiro atoms. The Bertz CT molecular complexity index is 381. The number of carbonyl (C=O) groups is 2. The summed E-state index contributed by atoms with van der Waals surface area (Å²) in [6.45, 7) is 12.8. The molecule has 0 rings (SSSR count). The number of unbranched alkanes of at least 4 members (excludes halogenated alkanes) is 1. The fourth-order valence-corrected chi connectivity index (χ4v) is 4.20. The third kappa shape index (κ3) is 12.5. The number of aliphatic carboxylic acids is 1. The second kappa shape index (κ2) is 10.3. The van der Waals surface area contributed by atoms with Crippen molar-refractivity contribution in [3.63, 3.8) is 0 Å². The summed E-state index contributed by atoms with van der Waals surface area (Å²) in [7, 11) is 3.16. The van der Waals surface area contributed by atoms with Crippen molar-refractivity contribution >= 4 is 33.7 Å². The van der Waals surface area contributed by atoms with E-state index >= 15 is 0 Å². The Labute approximate surface area is 148 Å². The number of rotatable bonds is 10. The van der Waals surface area contributed by atoms with Crippen LogP contribution in [0.25, 0.3) is 0 Å². The molecule has 0 radical (unpaired) electrons. The molecule has 0 aliphatic rings. The van der Waals surface area contributed by atoms with Crippen molar-refractivity contribution in [3.8, 4) is 0 Å². The van der Waals surface area contributed by atoms with Gasteiger partial charge in [0.05, 0.1) is 6.42 Å². The summed E-state index contributed by atoms with van der Waals surface area (Å²) in [5, 5.41) is 8.88. The molecule has 0 aliphatic carbocycles. The Morgan fingerprint density at radius 1 is 1.13 bits per heavy atom. The summed E-state index contributed by atoms with van der Waals surface area (Å²) in [6, 6.07) is 0. The van der Waals surface area contributed by atoms with E-state index in [1.807, 2.05) is 34.6 Å². The standard InChI is InChI=1S/C16H31NO4S2/c1-7-8-9-17(14(20)21-15(2,3)4)10-11-22-23-16(5,6)12-13(18)19/h7-12H2,1-6H3,(H,18,19). The predicted octanol–water partition coefficient (Wildman–Crippen LogP) is 4.66. The first-order valence-corrected chi connectivity index (χ1v) is 10.3. The van der Waals surface area contributed by atoms with E-state index in [1.54, 1.807) is 26.5 Å². The van der Waals surface area contributed by atoms with E-state index in [-0.39, 0.29) is 17.3 Å². The van der Waals surface area contributed by atoms with Crippen molar-refractivity contribution < 1.29 is 19.4 Å². The summed E-state index contributed by atoms with van der Waals surface area (Å²) >= 11 is 0. The van der Waals surface area contributed by atoms with Crippen LogP contribution in [0.5, 0.6) is 0 Å². The monoisotopic (exact) mass is 365 g/mol. The first kappa shape index (κ1) is 22.4. The Hall–Kier alpha value is -0.560. The number of carboxylic acid groups (broad SMARTS) is 1. The van der Waals surface area contributed by atoms with Gasteiger partial charge in [-0.25, -0.2) is 4.79 Å². The van der Waals surface area contributed by atoms with Crippen LogP contribution < -0.4 is 0 Å². The highest BCUT2D eigenvalue weighted by Crippen LogP contribution is 2.37. The van der Waals surface area contributed by atoms with Crippen molar-refractivity contribution in [2.45, 2.75) is 71.2 Å². The van der Waals surface area contributed by atoms with Gasteiger partial charge in [0.25, 0.3) is 0 Å². The maximum Gasteiger partial charge on any atom is 0.410 e. The first-order chi connectivity index (χ1) is 10.5. The van der Waals surface area contributed by atoms with Gasteiger partial charge >= 0.3 is 12.1 Å². The van der Waals surface area contributed by atoms with Crippen molar-refractivity contribution in [3.05, 3.63) is 0 Å². The minimum atomic E-state index is -0.790. The van der Waals surface area contributed by atoms with E-state index < -0.39 is 11.6 Å². The van der Waals surface area contributed by atoms with Crippen LogP contribution in [0.15, 0.2) is 0 Å². The fourth-order valence-electron chi connectivity index (χ4n) is 1.71. The highest BCUT2D eigenvalue weighted by molar-refractivity contribution is 8.77. The molecule has 23 heavy (non-hydrogen) atoms. The Kier molecular flexibility index (Phi) is 10.1. The molecule has 136 valence electrons. The predicted molar refractivity (Wildman–Crippen MR) is 99.1 cm³/mol. The number of carboxylic acids is 1. The Morgan fingerprint density at radius 2 is 1.74 bits per heavy atom. The fraction of sp³-hybridized carbons (Fsp3) is 0.875. The van der Waals surface area contributed by atoms with Gasteiger partial charge in [-0.05, 0) is 41.0 Å². The van der Waals surface area contributed by atoms with Crippen LogP contribution in [-0.2, 0) is 9.53 Å². The summed E-state index contributed by atoms with van der Waals surface area (Å²) < 4.78 is 5.12. The number of nitrogens with zero attached hydrogens (tertiary/aromatic N) is 1. The molecule has 0 saturated carbocycles. The van der Waals surface area contributed by atoms with E-state index in [4.69, 9.17) is 9.84 Å². The van der Waals surface area contributed by atoms with Crippen molar-refractivity contribution in [1.82, 2.24) is 4.90 Å². The smallest absolute Gasteiger partial charge is 0.410 e. The molecular formula is C16H31NO4S2. The summed E-state index contributed by atoms with van der Waals surface area (Å²) in [5.41, 5.74) is -0.493. The van der Waals surface area contributed by atoms with Gasteiger partial charge in [0.1, 0.15) is 5.60 Å². The third-order valence-electron chi connectivity index (χ3n) is 2.74. The molecule has 0 bridgehead atoms. The SMILES string of the molecule is CCCCN(CCSSC(C)(C)CC(=O)O)C(=O)OC(C)(C)C. The molecule has 0 aromatic rings. The van der Waals surface area contributed by atoms with Crippen molar-refractivity contribution in [1.29, 1.82) is 0 Å². The molecule has 0 aliphatic heterocycles. The molecule has 0 saturated heterocycles. The van der Waals surface area contributed by atoms with Crippen LogP contribution in [0.4, 0.5) is 4.79 Å². The second-order valence-electron chi connectivity index (χ2n) is 7.06. The maximum atomic E-state index is 12.2. The second-order valence-corrected chi connectivity index (χ2v) is 10.2. The minimum absolute atomic E-state index is 0.121. The topological polar surface area (TPSA) is 66.8 Å². The third-order valence-corrected chi connectivity index (χ3v) is 6.01. The Morgan fingerprint density at radius 3 is 2.22 bits per heavy atom. The molecule has 0 aromatic carbocycles. The van der Waals surface area contributed by atoms with Gasteiger partial charge in [-0.15, -0.1) is 0 Å². The van der Waals surface area contributed by atoms with E-state index in [9.17, 15) is 9.59 Å². The zero-order valence-electron chi connectivity index (χ0n) is 15.2. The van der Waals surface area contributed by atoms with Crippen LogP contribution in [0.3, 0.4) is 0 Å². The minimum Gasteiger partial charge on any atom is -0.481 e. The zero-order chi connectivity index (χ0) is 18.1. The van der Waals surface area contributed by atoms with Crippen molar-refractivity contribution in [2.24, 2.45) is 0 Å². The first-order valence-electron chi connectivity index (χ1n) is 7.97. The molecule has 1 N–H and O–H groups in total. The molecule has 0 atom stereocenters. The van der Waals surface area contributed by atoms with Gasteiger partial charge in [-0.2, -0.15) is 0 Å². The van der Waals surface area contributed by atoms with Crippen LogP contribution in [0, 0.1) is 0 Å². The van der Waals surface area contributed by atoms with E-state index in [2.05, 4.69) is 6.92 Å². The normalized spacial score (nSPS) is 12.1. The van der Waals surface area contributed by atoms with Gasteiger partial charge in [0, 0.05) is 23.6 Å². The average Bonchev–Trinajstić information content (AvgIpc) is 2.33. The quantitative estimate of drug-likeness (QED) is 0.449. The van der Waals surface area contributed by atoms with Crippen molar-refractivity contribution in [2.75, 3.05) is 18.8 Å². The molecule has 5 nitrogen and oxygen atoms in total. The molecular weight excluding hydrogens is 334 g/mol. The van der Waals surface area contributed by atoms with Gasteiger partial charge < -0.3 is 14.7 Å². The van der Waals surface area contributed by atoms with Crippen LogP contribution in [0.2, 0.25) is 0 Å². The number of hydrogen-bond donors (Lipinski definition) is 1. The van der Waals surface area contributed by atoms with Crippen LogP contribution in [0.1, 0.15) is 60.8 Å². The van der Waals surface area contributed by atoms with Gasteiger partial charge in [0.2, 0.25) is 0 Å². The largest absolute Gasteiger partial charge is 0.481 e. The van der Waals surface area contributed by atoms with Crippen LogP contribution in [-0.4, -0.2) is 51.3 Å². The molecule has 1 amide bonds. The maximum absolute atomic E-state index is 12.2. The van der Waals surface area contributed by atoms with E-state index in [0.717, 1.165) is 18.6 Å². The number of ether oxygens (including phenoxy) is 1. The summed E-state index contributed by atoms with van der Waals surface area (Å²) in [5.74, 6) is -0.0436. The lowest BCUT2D eigenvalue weighted by molar-refractivity contribution is -0.137. The summed E-state index contributed by atoms with van der Waals surface area (Å²) in [6.07, 6.45) is 1.81. The summed E-state index contributed by atoms with van der Waals surface area (Å²) in [4.78, 5) is 24.8. The molecule has 0 unspecified atom stereocenters.